The first kappa shape index (κ1) is 13.4. The molecule has 8 heteroatoms. The van der Waals surface area contributed by atoms with Gasteiger partial charge in [0, 0.05) is 16.7 Å². The van der Waals surface area contributed by atoms with Crippen LogP contribution in [0.4, 0.5) is 0 Å². The highest BCUT2D eigenvalue weighted by Crippen LogP contribution is 2.37. The summed E-state index contributed by atoms with van der Waals surface area (Å²) < 4.78 is 1.70. The molecule has 6 nitrogen and oxygen atoms in total. The summed E-state index contributed by atoms with van der Waals surface area (Å²) in [5.41, 5.74) is 0.818. The minimum absolute atomic E-state index is 0.164. The fraction of sp³-hybridized carbons (Fsp3) is 0.417. The number of aromatic carboxylic acids is 1. The number of H-pyrrole nitrogens is 1. The number of aromatic nitrogens is 3. The highest BCUT2D eigenvalue weighted by atomic mass is 32.2. The van der Waals surface area contributed by atoms with Crippen LogP contribution in [0.3, 0.4) is 0 Å². The summed E-state index contributed by atoms with van der Waals surface area (Å²) in [5.74, 6) is -0.281. The van der Waals surface area contributed by atoms with E-state index in [0.717, 1.165) is 23.3 Å². The largest absolute Gasteiger partial charge is 0.477 e. The molecule has 1 fully saturated rings. The third-order valence-corrected chi connectivity index (χ3v) is 5.25. The molecule has 1 saturated carbocycles. The molecule has 0 amide bonds. The molecule has 20 heavy (non-hydrogen) atoms. The maximum atomic E-state index is 11.6. The molecule has 2 N–H and O–H groups in total. The van der Waals surface area contributed by atoms with Crippen molar-refractivity contribution in [3.63, 3.8) is 0 Å². The number of aromatic amines is 1. The normalized spacial score (nSPS) is 14.7. The van der Waals surface area contributed by atoms with Gasteiger partial charge in [0.05, 0.1) is 0 Å². The first-order valence-corrected chi connectivity index (χ1v) is 7.99. The number of nitrogens with one attached hydrogen (secondary N) is 1. The van der Waals surface area contributed by atoms with Gasteiger partial charge in [-0.3, -0.25) is 4.57 Å². The van der Waals surface area contributed by atoms with E-state index >= 15 is 0 Å². The van der Waals surface area contributed by atoms with Crippen molar-refractivity contribution >= 4 is 29.1 Å². The van der Waals surface area contributed by atoms with Crippen LogP contribution in [0.2, 0.25) is 0 Å². The number of carbonyl (C=O) groups is 1. The average molecular weight is 311 g/mol. The molecule has 2 aromatic rings. The van der Waals surface area contributed by atoms with Crippen LogP contribution in [-0.4, -0.2) is 25.8 Å². The van der Waals surface area contributed by atoms with Crippen molar-refractivity contribution < 1.29 is 9.90 Å². The van der Waals surface area contributed by atoms with E-state index in [1.807, 2.05) is 6.92 Å². The third-order valence-electron chi connectivity index (χ3n) is 3.17. The minimum atomic E-state index is -0.899. The van der Waals surface area contributed by atoms with E-state index in [0.29, 0.717) is 15.8 Å². The van der Waals surface area contributed by atoms with Gasteiger partial charge in [0.15, 0.2) is 5.16 Å². The fourth-order valence-corrected chi connectivity index (χ4v) is 4.00. The number of nitrogens with zero attached hydrogens (tertiary/aromatic N) is 2. The van der Waals surface area contributed by atoms with Gasteiger partial charge in [-0.25, -0.2) is 14.7 Å². The highest BCUT2D eigenvalue weighted by Gasteiger charge is 2.28. The monoisotopic (exact) mass is 311 g/mol. The minimum Gasteiger partial charge on any atom is -0.477 e. The van der Waals surface area contributed by atoms with E-state index in [2.05, 4.69) is 10.2 Å². The zero-order valence-electron chi connectivity index (χ0n) is 10.8. The number of carboxylic acids is 1. The number of rotatable bonds is 5. The standard InChI is InChI=1S/C12H13N3O3S2/c1-6-7(4-9(20-6)10(16)17)5-19-12-14-13-11(18)15(12)8-2-3-8/h4,8H,2-3,5H2,1H3,(H,13,18)(H,16,17). The molecule has 0 bridgehead atoms. The molecule has 0 unspecified atom stereocenters. The van der Waals surface area contributed by atoms with Crippen molar-refractivity contribution in [1.29, 1.82) is 0 Å². The van der Waals surface area contributed by atoms with Gasteiger partial charge in [-0.2, -0.15) is 0 Å². The van der Waals surface area contributed by atoms with Gasteiger partial charge in [0.1, 0.15) is 4.88 Å². The summed E-state index contributed by atoms with van der Waals surface area (Å²) in [5, 5.41) is 16.2. The number of hydrogen-bond acceptors (Lipinski definition) is 5. The van der Waals surface area contributed by atoms with E-state index in [9.17, 15) is 9.59 Å². The van der Waals surface area contributed by atoms with Crippen molar-refractivity contribution in [3.8, 4) is 0 Å². The molecule has 106 valence electrons. The van der Waals surface area contributed by atoms with Gasteiger partial charge in [0.25, 0.3) is 0 Å². The van der Waals surface area contributed by atoms with Crippen molar-refractivity contribution in [1.82, 2.24) is 14.8 Å². The molecule has 2 heterocycles. The van der Waals surface area contributed by atoms with Gasteiger partial charge < -0.3 is 5.11 Å². The number of thiophene rings is 1. The van der Waals surface area contributed by atoms with Crippen LogP contribution in [-0.2, 0) is 5.75 Å². The lowest BCUT2D eigenvalue weighted by Crippen LogP contribution is -2.16. The summed E-state index contributed by atoms with van der Waals surface area (Å²) in [4.78, 5) is 23.9. The van der Waals surface area contributed by atoms with Crippen LogP contribution < -0.4 is 5.69 Å². The van der Waals surface area contributed by atoms with Gasteiger partial charge in [-0.1, -0.05) is 11.8 Å². The Kier molecular flexibility index (Phi) is 3.43. The molecule has 0 spiro atoms. The number of aryl methyl sites for hydroxylation is 1. The van der Waals surface area contributed by atoms with E-state index in [-0.39, 0.29) is 11.7 Å². The van der Waals surface area contributed by atoms with E-state index in [1.165, 1.54) is 23.1 Å². The molecule has 2 aromatic heterocycles. The van der Waals surface area contributed by atoms with Gasteiger partial charge in [-0.05, 0) is 31.4 Å². The maximum absolute atomic E-state index is 11.6. The van der Waals surface area contributed by atoms with Gasteiger partial charge in [-0.15, -0.1) is 16.4 Å². The van der Waals surface area contributed by atoms with Crippen LogP contribution in [0, 0.1) is 6.92 Å². The Morgan fingerprint density at radius 2 is 2.40 bits per heavy atom. The van der Waals surface area contributed by atoms with Crippen LogP contribution in [0.5, 0.6) is 0 Å². The molecule has 0 saturated heterocycles. The van der Waals surface area contributed by atoms with Crippen LogP contribution in [0.15, 0.2) is 16.0 Å². The molecular weight excluding hydrogens is 298 g/mol. The van der Waals surface area contributed by atoms with E-state index < -0.39 is 5.97 Å². The quantitative estimate of drug-likeness (QED) is 0.827. The number of hydrogen-bond donors (Lipinski definition) is 2. The zero-order valence-corrected chi connectivity index (χ0v) is 12.4. The predicted octanol–water partition coefficient (Wildman–Crippen LogP) is 2.27. The molecule has 0 aromatic carbocycles. The summed E-state index contributed by atoms with van der Waals surface area (Å²) in [6, 6.07) is 1.98. The lowest BCUT2D eigenvalue weighted by atomic mass is 10.3. The summed E-state index contributed by atoms with van der Waals surface area (Å²) in [7, 11) is 0. The van der Waals surface area contributed by atoms with Crippen molar-refractivity contribution in [3.05, 3.63) is 31.9 Å². The Morgan fingerprint density at radius 3 is 3.00 bits per heavy atom. The maximum Gasteiger partial charge on any atom is 0.345 e. The zero-order chi connectivity index (χ0) is 14.3. The van der Waals surface area contributed by atoms with Gasteiger partial charge in [0.2, 0.25) is 0 Å². The molecule has 0 atom stereocenters. The van der Waals surface area contributed by atoms with Crippen molar-refractivity contribution in [2.24, 2.45) is 0 Å². The van der Waals surface area contributed by atoms with Crippen LogP contribution in [0.1, 0.15) is 39.0 Å². The van der Waals surface area contributed by atoms with E-state index in [4.69, 9.17) is 5.11 Å². The summed E-state index contributed by atoms with van der Waals surface area (Å²) in [6.45, 7) is 1.91. The highest BCUT2D eigenvalue weighted by molar-refractivity contribution is 7.98. The van der Waals surface area contributed by atoms with Crippen molar-refractivity contribution in [2.75, 3.05) is 0 Å². The van der Waals surface area contributed by atoms with Crippen LogP contribution in [0.25, 0.3) is 0 Å². The Labute approximate surface area is 122 Å². The number of carboxylic acid groups (broad SMARTS) is 1. The third kappa shape index (κ3) is 2.53. The average Bonchev–Trinajstić information content (AvgIpc) is 3.06. The van der Waals surface area contributed by atoms with Gasteiger partial charge >= 0.3 is 11.7 Å². The molecule has 3 rings (SSSR count). The molecular formula is C12H13N3O3S2. The predicted molar refractivity (Wildman–Crippen MR) is 76.7 cm³/mol. The van der Waals surface area contributed by atoms with Crippen LogP contribution >= 0.6 is 23.1 Å². The molecule has 0 radical (unpaired) electrons. The second-order valence-electron chi connectivity index (χ2n) is 4.70. The molecule has 1 aliphatic carbocycles. The SMILES string of the molecule is Cc1sc(C(=O)O)cc1CSc1n[nH]c(=O)n1C1CC1. The lowest BCUT2D eigenvalue weighted by molar-refractivity contribution is 0.0702. The van der Waals surface area contributed by atoms with E-state index in [1.54, 1.807) is 10.6 Å². The molecule has 1 aliphatic rings. The second kappa shape index (κ2) is 5.10. The van der Waals surface area contributed by atoms with Crippen molar-refractivity contribution in [2.45, 2.75) is 36.7 Å². The Bertz CT molecular complexity index is 712. The second-order valence-corrected chi connectivity index (χ2v) is 6.90. The first-order valence-electron chi connectivity index (χ1n) is 6.18. The summed E-state index contributed by atoms with van der Waals surface area (Å²) in [6.07, 6.45) is 2.04. The smallest absolute Gasteiger partial charge is 0.345 e. The molecule has 0 aliphatic heterocycles. The summed E-state index contributed by atoms with van der Waals surface area (Å²) >= 11 is 2.74. The first-order chi connectivity index (χ1) is 9.56. The Morgan fingerprint density at radius 1 is 1.65 bits per heavy atom. The Hall–Kier alpha value is -1.54. The number of thioether (sulfide) groups is 1. The lowest BCUT2D eigenvalue weighted by Gasteiger charge is -2.02. The fourth-order valence-electron chi connectivity index (χ4n) is 1.96. The topological polar surface area (TPSA) is 88.0 Å². The Balaban J connectivity index is 1.77.